The van der Waals surface area contributed by atoms with E-state index in [-0.39, 0.29) is 5.91 Å². The maximum atomic E-state index is 12.5. The first kappa shape index (κ1) is 14.9. The lowest BCUT2D eigenvalue weighted by molar-refractivity contribution is 0.0791. The Morgan fingerprint density at radius 3 is 2.68 bits per heavy atom. The van der Waals surface area contributed by atoms with E-state index in [0.29, 0.717) is 16.5 Å². The maximum Gasteiger partial charge on any atom is 0.253 e. The van der Waals surface area contributed by atoms with E-state index in [4.69, 9.17) is 16.3 Å². The monoisotopic (exact) mass is 315 g/mol. The molecule has 0 aromatic heterocycles. The van der Waals surface area contributed by atoms with Crippen LogP contribution < -0.4 is 4.74 Å². The van der Waals surface area contributed by atoms with Crippen LogP contribution in [0, 0.1) is 0 Å². The Balaban J connectivity index is 1.70. The van der Waals surface area contributed by atoms with Crippen LogP contribution in [0.1, 0.15) is 28.3 Å². The van der Waals surface area contributed by atoms with Gasteiger partial charge < -0.3 is 9.64 Å². The highest BCUT2D eigenvalue weighted by Crippen LogP contribution is 2.29. The molecule has 1 aliphatic rings. The lowest BCUT2D eigenvalue weighted by Gasteiger charge is -2.17. The fourth-order valence-electron chi connectivity index (χ4n) is 2.90. The van der Waals surface area contributed by atoms with E-state index in [1.54, 1.807) is 19.2 Å². The van der Waals surface area contributed by atoms with Gasteiger partial charge in [-0.05, 0) is 42.3 Å². The number of ether oxygens (including phenoxy) is 1. The molecule has 0 spiro atoms. The van der Waals surface area contributed by atoms with Gasteiger partial charge in [-0.2, -0.15) is 0 Å². The molecule has 3 rings (SSSR count). The molecular weight excluding hydrogens is 298 g/mol. The molecule has 0 aliphatic carbocycles. The molecule has 2 aromatic rings. The lowest BCUT2D eigenvalue weighted by atomic mass is 9.98. The van der Waals surface area contributed by atoms with Gasteiger partial charge in [-0.15, -0.1) is 0 Å². The highest BCUT2D eigenvalue weighted by Gasteiger charge is 2.27. The van der Waals surface area contributed by atoms with Crippen molar-refractivity contribution in [1.82, 2.24) is 4.90 Å². The Morgan fingerprint density at radius 2 is 2.00 bits per heavy atom. The summed E-state index contributed by atoms with van der Waals surface area (Å²) >= 11 is 5.97. The molecule has 1 unspecified atom stereocenters. The summed E-state index contributed by atoms with van der Waals surface area (Å²) in [5.74, 6) is 1.29. The van der Waals surface area contributed by atoms with E-state index in [9.17, 15) is 4.79 Å². The zero-order valence-corrected chi connectivity index (χ0v) is 13.2. The lowest BCUT2D eigenvalue weighted by Crippen LogP contribution is -2.28. The van der Waals surface area contributed by atoms with Crippen molar-refractivity contribution < 1.29 is 9.53 Å². The summed E-state index contributed by atoms with van der Waals surface area (Å²) in [5, 5.41) is 0.594. The molecule has 1 aliphatic heterocycles. The Bertz CT molecular complexity index is 669. The van der Waals surface area contributed by atoms with Crippen LogP contribution in [0.15, 0.2) is 48.5 Å². The van der Waals surface area contributed by atoms with Gasteiger partial charge in [0.05, 0.1) is 7.11 Å². The number of benzene rings is 2. The van der Waals surface area contributed by atoms with Crippen LogP contribution in [0.4, 0.5) is 0 Å². The summed E-state index contributed by atoms with van der Waals surface area (Å²) in [4.78, 5) is 14.4. The van der Waals surface area contributed by atoms with Crippen molar-refractivity contribution in [2.24, 2.45) is 0 Å². The van der Waals surface area contributed by atoms with Gasteiger partial charge in [-0.25, -0.2) is 0 Å². The van der Waals surface area contributed by atoms with Crippen LogP contribution >= 0.6 is 11.6 Å². The molecule has 0 saturated carbocycles. The molecular formula is C18H18ClNO2. The number of hydrogen-bond acceptors (Lipinski definition) is 2. The zero-order chi connectivity index (χ0) is 15.5. The number of halogens is 1. The first-order valence-electron chi connectivity index (χ1n) is 7.36. The standard InChI is InChI=1S/C18H18ClNO2/c1-22-17-7-5-13(6-8-17)15-9-10-20(12-15)18(21)14-3-2-4-16(19)11-14/h2-8,11,15H,9-10,12H2,1H3. The first-order valence-corrected chi connectivity index (χ1v) is 7.74. The molecule has 1 saturated heterocycles. The molecule has 3 nitrogen and oxygen atoms in total. The van der Waals surface area contributed by atoms with E-state index in [2.05, 4.69) is 12.1 Å². The molecule has 0 radical (unpaired) electrons. The van der Waals surface area contributed by atoms with Crippen molar-refractivity contribution in [2.75, 3.05) is 20.2 Å². The summed E-state index contributed by atoms with van der Waals surface area (Å²) in [7, 11) is 1.66. The van der Waals surface area contributed by atoms with Crippen molar-refractivity contribution in [3.63, 3.8) is 0 Å². The molecule has 1 heterocycles. The highest BCUT2D eigenvalue weighted by atomic mass is 35.5. The summed E-state index contributed by atoms with van der Waals surface area (Å²) < 4.78 is 5.18. The minimum Gasteiger partial charge on any atom is -0.497 e. The van der Waals surface area contributed by atoms with Crippen LogP contribution in [-0.4, -0.2) is 31.0 Å². The number of carbonyl (C=O) groups excluding carboxylic acids is 1. The third kappa shape index (κ3) is 3.09. The summed E-state index contributed by atoms with van der Waals surface area (Å²) in [6, 6.07) is 15.2. The van der Waals surface area contributed by atoms with E-state index in [1.807, 2.05) is 29.2 Å². The van der Waals surface area contributed by atoms with E-state index >= 15 is 0 Å². The summed E-state index contributed by atoms with van der Waals surface area (Å²) in [5.41, 5.74) is 1.91. The number of methoxy groups -OCH3 is 1. The highest BCUT2D eigenvalue weighted by molar-refractivity contribution is 6.30. The first-order chi connectivity index (χ1) is 10.7. The number of nitrogens with zero attached hydrogens (tertiary/aromatic N) is 1. The molecule has 22 heavy (non-hydrogen) atoms. The minimum atomic E-state index is 0.0542. The van der Waals surface area contributed by atoms with Crippen molar-refractivity contribution in [2.45, 2.75) is 12.3 Å². The Morgan fingerprint density at radius 1 is 1.23 bits per heavy atom. The van der Waals surface area contributed by atoms with Crippen LogP contribution in [0.25, 0.3) is 0 Å². The predicted octanol–water partition coefficient (Wildman–Crippen LogP) is 3.98. The molecule has 0 N–H and O–H groups in total. The number of hydrogen-bond donors (Lipinski definition) is 0. The van der Waals surface area contributed by atoms with Crippen molar-refractivity contribution >= 4 is 17.5 Å². The topological polar surface area (TPSA) is 29.5 Å². The van der Waals surface area contributed by atoms with Crippen molar-refractivity contribution in [3.05, 3.63) is 64.7 Å². The molecule has 0 bridgehead atoms. The minimum absolute atomic E-state index is 0.0542. The second kappa shape index (κ2) is 6.41. The van der Waals surface area contributed by atoms with Crippen LogP contribution in [0.5, 0.6) is 5.75 Å². The van der Waals surface area contributed by atoms with Gasteiger partial charge in [0.25, 0.3) is 5.91 Å². The third-order valence-electron chi connectivity index (χ3n) is 4.13. The summed E-state index contributed by atoms with van der Waals surface area (Å²) in [6.07, 6.45) is 0.985. The fourth-order valence-corrected chi connectivity index (χ4v) is 3.09. The van der Waals surface area contributed by atoms with Gasteiger partial charge in [-0.1, -0.05) is 29.8 Å². The van der Waals surface area contributed by atoms with Crippen molar-refractivity contribution in [1.29, 1.82) is 0 Å². The average molecular weight is 316 g/mol. The number of carbonyl (C=O) groups is 1. The predicted molar refractivity (Wildman–Crippen MR) is 87.7 cm³/mol. The largest absolute Gasteiger partial charge is 0.497 e. The van der Waals surface area contributed by atoms with E-state index < -0.39 is 0 Å². The summed E-state index contributed by atoms with van der Waals surface area (Å²) in [6.45, 7) is 1.53. The molecule has 2 aromatic carbocycles. The second-order valence-electron chi connectivity index (χ2n) is 5.52. The SMILES string of the molecule is COc1ccc(C2CCN(C(=O)c3cccc(Cl)c3)C2)cc1. The normalized spacial score (nSPS) is 17.5. The fraction of sp³-hybridized carbons (Fsp3) is 0.278. The quantitative estimate of drug-likeness (QED) is 0.857. The van der Waals surface area contributed by atoms with E-state index in [1.165, 1.54) is 5.56 Å². The van der Waals surface area contributed by atoms with Gasteiger partial charge in [0.1, 0.15) is 5.75 Å². The third-order valence-corrected chi connectivity index (χ3v) is 4.37. The Hall–Kier alpha value is -2.00. The van der Waals surface area contributed by atoms with Gasteiger partial charge in [-0.3, -0.25) is 4.79 Å². The number of likely N-dealkylation sites (tertiary alicyclic amines) is 1. The zero-order valence-electron chi connectivity index (χ0n) is 12.5. The van der Waals surface area contributed by atoms with Gasteiger partial charge >= 0.3 is 0 Å². The molecule has 1 fully saturated rings. The molecule has 4 heteroatoms. The smallest absolute Gasteiger partial charge is 0.253 e. The average Bonchev–Trinajstić information content (AvgIpc) is 3.04. The van der Waals surface area contributed by atoms with Gasteiger partial charge in [0.15, 0.2) is 0 Å². The second-order valence-corrected chi connectivity index (χ2v) is 5.96. The molecule has 1 amide bonds. The van der Waals surface area contributed by atoms with E-state index in [0.717, 1.165) is 25.3 Å². The van der Waals surface area contributed by atoms with Crippen LogP contribution in [-0.2, 0) is 0 Å². The Kier molecular flexibility index (Phi) is 4.34. The van der Waals surface area contributed by atoms with Gasteiger partial charge in [0, 0.05) is 29.6 Å². The van der Waals surface area contributed by atoms with Crippen molar-refractivity contribution in [3.8, 4) is 5.75 Å². The van der Waals surface area contributed by atoms with Crippen LogP contribution in [0.2, 0.25) is 5.02 Å². The number of amides is 1. The molecule has 114 valence electrons. The van der Waals surface area contributed by atoms with Crippen LogP contribution in [0.3, 0.4) is 0 Å². The Labute approximate surface area is 135 Å². The maximum absolute atomic E-state index is 12.5. The van der Waals surface area contributed by atoms with Gasteiger partial charge in [0.2, 0.25) is 0 Å². The molecule has 1 atom stereocenters. The number of rotatable bonds is 3.